The Morgan fingerprint density at radius 3 is 2.95 bits per heavy atom. The van der Waals surface area contributed by atoms with Crippen LogP contribution in [-0.4, -0.2) is 34.9 Å². The number of rotatable bonds is 3. The van der Waals surface area contributed by atoms with Gasteiger partial charge >= 0.3 is 6.03 Å². The van der Waals surface area contributed by atoms with Gasteiger partial charge in [-0.25, -0.2) is 9.80 Å². The number of benzene rings is 1. The second-order valence-electron chi connectivity index (χ2n) is 4.57. The minimum Gasteiger partial charge on any atom is -0.335 e. The number of nitrogens with one attached hydrogen (secondary N) is 1. The first-order valence-electron chi connectivity index (χ1n) is 6.58. The molecule has 1 aliphatic rings. The molecule has 1 saturated heterocycles. The molecule has 5 nitrogen and oxygen atoms in total. The molecule has 0 spiro atoms. The van der Waals surface area contributed by atoms with Gasteiger partial charge in [0, 0.05) is 29.6 Å². The maximum absolute atomic E-state index is 11.5. The maximum atomic E-state index is 11.5. The number of aromatic nitrogens is 1. The number of halogens is 1. The third-order valence-corrected chi connectivity index (χ3v) is 3.83. The first kappa shape index (κ1) is 13.0. The standard InChI is InChI=1S/C14H15ClN4O/c1-2-18-12-6-4-3-5-10(12)11(13(18)15)9-17-19-8-7-16-14(19)20/h3-6,9H,2,7-8H2,1H3,(H,16,20)/b17-9+. The average Bonchev–Trinajstić information content (AvgIpc) is 2.98. The van der Waals surface area contributed by atoms with Crippen LogP contribution < -0.4 is 5.32 Å². The lowest BCUT2D eigenvalue weighted by molar-refractivity contribution is 0.219. The Bertz CT molecular complexity index is 692. The number of para-hydroxylation sites is 1. The largest absolute Gasteiger partial charge is 0.337 e. The smallest absolute Gasteiger partial charge is 0.335 e. The summed E-state index contributed by atoms with van der Waals surface area (Å²) in [4.78, 5) is 11.5. The number of carbonyl (C=O) groups excluding carboxylic acids is 1. The molecule has 1 aliphatic heterocycles. The molecule has 3 rings (SSSR count). The fraction of sp³-hybridized carbons (Fsp3) is 0.286. The number of aryl methyl sites for hydroxylation is 1. The Hall–Kier alpha value is -2.01. The number of hydrogen-bond acceptors (Lipinski definition) is 2. The van der Waals surface area contributed by atoms with Crippen molar-refractivity contribution in [1.82, 2.24) is 14.9 Å². The molecule has 0 bridgehead atoms. The molecule has 1 aromatic heterocycles. The van der Waals surface area contributed by atoms with Gasteiger partial charge < -0.3 is 9.88 Å². The second kappa shape index (κ2) is 5.17. The highest BCUT2D eigenvalue weighted by atomic mass is 35.5. The van der Waals surface area contributed by atoms with Gasteiger partial charge in [0.1, 0.15) is 5.15 Å². The van der Waals surface area contributed by atoms with E-state index >= 15 is 0 Å². The first-order valence-corrected chi connectivity index (χ1v) is 6.96. The van der Waals surface area contributed by atoms with Gasteiger partial charge in [0.2, 0.25) is 0 Å². The van der Waals surface area contributed by atoms with Crippen molar-refractivity contribution < 1.29 is 4.79 Å². The van der Waals surface area contributed by atoms with E-state index in [4.69, 9.17) is 11.6 Å². The summed E-state index contributed by atoms with van der Waals surface area (Å²) < 4.78 is 2.03. The van der Waals surface area contributed by atoms with E-state index in [-0.39, 0.29) is 6.03 Å². The van der Waals surface area contributed by atoms with Crippen LogP contribution in [0.2, 0.25) is 5.15 Å². The van der Waals surface area contributed by atoms with Gasteiger partial charge in [-0.2, -0.15) is 5.10 Å². The van der Waals surface area contributed by atoms with E-state index in [1.165, 1.54) is 5.01 Å². The molecule has 0 unspecified atom stereocenters. The van der Waals surface area contributed by atoms with Crippen molar-refractivity contribution in [3.05, 3.63) is 35.0 Å². The molecule has 20 heavy (non-hydrogen) atoms. The van der Waals surface area contributed by atoms with Crippen molar-refractivity contribution in [1.29, 1.82) is 0 Å². The van der Waals surface area contributed by atoms with Crippen LogP contribution >= 0.6 is 11.6 Å². The van der Waals surface area contributed by atoms with E-state index in [0.29, 0.717) is 18.2 Å². The summed E-state index contributed by atoms with van der Waals surface area (Å²) in [5, 5.41) is 10.0. The monoisotopic (exact) mass is 290 g/mol. The summed E-state index contributed by atoms with van der Waals surface area (Å²) in [6, 6.07) is 7.83. The predicted molar refractivity (Wildman–Crippen MR) is 80.3 cm³/mol. The molecule has 1 aromatic carbocycles. The van der Waals surface area contributed by atoms with Crippen LogP contribution in [-0.2, 0) is 6.54 Å². The Labute approximate surface area is 121 Å². The quantitative estimate of drug-likeness (QED) is 0.868. The fourth-order valence-corrected chi connectivity index (χ4v) is 2.79. The predicted octanol–water partition coefficient (Wildman–Crippen LogP) is 2.67. The Morgan fingerprint density at radius 2 is 2.25 bits per heavy atom. The van der Waals surface area contributed by atoms with Gasteiger partial charge in [-0.1, -0.05) is 29.8 Å². The lowest BCUT2D eigenvalue weighted by Gasteiger charge is -2.05. The number of urea groups is 1. The summed E-state index contributed by atoms with van der Waals surface area (Å²) in [7, 11) is 0. The zero-order valence-electron chi connectivity index (χ0n) is 11.1. The molecular weight excluding hydrogens is 276 g/mol. The van der Waals surface area contributed by atoms with Crippen LogP contribution in [0.3, 0.4) is 0 Å². The van der Waals surface area contributed by atoms with Gasteiger partial charge in [0.25, 0.3) is 0 Å². The van der Waals surface area contributed by atoms with Crippen molar-refractivity contribution >= 4 is 34.7 Å². The topological polar surface area (TPSA) is 49.6 Å². The van der Waals surface area contributed by atoms with E-state index in [1.54, 1.807) is 6.21 Å². The molecule has 0 radical (unpaired) electrons. The van der Waals surface area contributed by atoms with E-state index in [1.807, 2.05) is 35.8 Å². The van der Waals surface area contributed by atoms with Crippen LogP contribution in [0.1, 0.15) is 12.5 Å². The number of fused-ring (bicyclic) bond motifs is 1. The van der Waals surface area contributed by atoms with Crippen molar-refractivity contribution in [2.24, 2.45) is 5.10 Å². The lowest BCUT2D eigenvalue weighted by atomic mass is 10.2. The Morgan fingerprint density at radius 1 is 1.45 bits per heavy atom. The maximum Gasteiger partial charge on any atom is 0.337 e. The summed E-state index contributed by atoms with van der Waals surface area (Å²) >= 11 is 6.43. The van der Waals surface area contributed by atoms with Crippen LogP contribution in [0.15, 0.2) is 29.4 Å². The molecule has 1 N–H and O–H groups in total. The summed E-state index contributed by atoms with van der Waals surface area (Å²) in [6.45, 7) is 4.05. The van der Waals surface area contributed by atoms with Gasteiger partial charge in [-0.3, -0.25) is 0 Å². The van der Waals surface area contributed by atoms with Crippen LogP contribution in [0.25, 0.3) is 10.9 Å². The normalized spacial score (nSPS) is 15.5. The van der Waals surface area contributed by atoms with Gasteiger partial charge in [0.05, 0.1) is 12.8 Å². The molecule has 0 saturated carbocycles. The summed E-state index contributed by atoms with van der Waals surface area (Å²) in [5.74, 6) is 0. The number of hydrazone groups is 1. The summed E-state index contributed by atoms with van der Waals surface area (Å²) in [6.07, 6.45) is 1.67. The molecule has 104 valence electrons. The van der Waals surface area contributed by atoms with Crippen molar-refractivity contribution in [2.45, 2.75) is 13.5 Å². The van der Waals surface area contributed by atoms with Crippen molar-refractivity contribution in [2.75, 3.05) is 13.1 Å². The van der Waals surface area contributed by atoms with Gasteiger partial charge in [0.15, 0.2) is 0 Å². The van der Waals surface area contributed by atoms with Gasteiger partial charge in [-0.15, -0.1) is 0 Å². The summed E-state index contributed by atoms with van der Waals surface area (Å²) in [5.41, 5.74) is 1.93. The number of amides is 2. The van der Waals surface area contributed by atoms with Crippen molar-refractivity contribution in [3.63, 3.8) is 0 Å². The molecule has 1 fully saturated rings. The molecular formula is C14H15ClN4O. The fourth-order valence-electron chi connectivity index (χ4n) is 2.43. The van der Waals surface area contributed by atoms with E-state index in [9.17, 15) is 4.79 Å². The zero-order valence-corrected chi connectivity index (χ0v) is 11.9. The molecule has 0 aliphatic carbocycles. The number of nitrogens with zero attached hydrogens (tertiary/aromatic N) is 3. The minimum absolute atomic E-state index is 0.170. The average molecular weight is 291 g/mol. The molecule has 0 atom stereocenters. The van der Waals surface area contributed by atoms with E-state index in [2.05, 4.69) is 10.4 Å². The van der Waals surface area contributed by atoms with E-state index in [0.717, 1.165) is 23.0 Å². The first-order chi connectivity index (χ1) is 9.72. The third-order valence-electron chi connectivity index (χ3n) is 3.42. The Kier molecular flexibility index (Phi) is 3.36. The molecule has 6 heteroatoms. The van der Waals surface area contributed by atoms with Gasteiger partial charge in [-0.05, 0) is 13.0 Å². The highest BCUT2D eigenvalue weighted by molar-refractivity contribution is 6.34. The molecule has 2 aromatic rings. The minimum atomic E-state index is -0.170. The molecule has 2 heterocycles. The highest BCUT2D eigenvalue weighted by Gasteiger charge is 2.19. The number of carbonyl (C=O) groups is 1. The second-order valence-corrected chi connectivity index (χ2v) is 4.92. The SMILES string of the molecule is CCn1c(Cl)c(/C=N/N2CCNC2=O)c2ccccc21. The lowest BCUT2D eigenvalue weighted by Crippen LogP contribution is -2.23. The van der Waals surface area contributed by atoms with Crippen LogP contribution in [0.4, 0.5) is 4.79 Å². The number of hydrogen-bond donors (Lipinski definition) is 1. The molecule has 2 amide bonds. The zero-order chi connectivity index (χ0) is 14.1. The van der Waals surface area contributed by atoms with Crippen LogP contribution in [0, 0.1) is 0 Å². The van der Waals surface area contributed by atoms with Crippen molar-refractivity contribution in [3.8, 4) is 0 Å². The Balaban J connectivity index is 2.05. The third kappa shape index (κ3) is 2.04. The highest BCUT2D eigenvalue weighted by Crippen LogP contribution is 2.28. The van der Waals surface area contributed by atoms with Crippen LogP contribution in [0.5, 0.6) is 0 Å². The van der Waals surface area contributed by atoms with E-state index < -0.39 is 0 Å².